The van der Waals surface area contributed by atoms with Crippen LogP contribution in [-0.4, -0.2) is 35.1 Å². The van der Waals surface area contributed by atoms with Crippen LogP contribution in [0, 0.1) is 0 Å². The van der Waals surface area contributed by atoms with Crippen molar-refractivity contribution in [1.82, 2.24) is 15.3 Å². The molecule has 5 heteroatoms. The highest BCUT2D eigenvalue weighted by Gasteiger charge is 2.20. The van der Waals surface area contributed by atoms with Gasteiger partial charge in [0.25, 0.3) is 5.56 Å². The molecule has 0 saturated carbocycles. The summed E-state index contributed by atoms with van der Waals surface area (Å²) in [7, 11) is 0. The van der Waals surface area contributed by atoms with E-state index in [-0.39, 0.29) is 5.56 Å². The molecule has 2 N–H and O–H groups in total. The molecular formula is C12H20N4O. The Labute approximate surface area is 101 Å². The maximum Gasteiger partial charge on any atom is 0.252 e. The van der Waals surface area contributed by atoms with Crippen molar-refractivity contribution in [2.75, 3.05) is 18.0 Å². The average molecular weight is 236 g/mol. The van der Waals surface area contributed by atoms with Gasteiger partial charge < -0.3 is 15.2 Å². The van der Waals surface area contributed by atoms with Gasteiger partial charge in [-0.2, -0.15) is 0 Å². The van der Waals surface area contributed by atoms with Crippen LogP contribution >= 0.6 is 0 Å². The average Bonchev–Trinajstić information content (AvgIpc) is 2.78. The third-order valence-corrected chi connectivity index (χ3v) is 3.16. The van der Waals surface area contributed by atoms with Crippen LogP contribution in [0.4, 0.5) is 5.82 Å². The first-order valence-electron chi connectivity index (χ1n) is 6.21. The Morgan fingerprint density at radius 1 is 1.59 bits per heavy atom. The lowest BCUT2D eigenvalue weighted by atomic mass is 10.2. The summed E-state index contributed by atoms with van der Waals surface area (Å²) in [5.74, 6) is 0.762. The summed E-state index contributed by atoms with van der Waals surface area (Å²) in [6.07, 6.45) is 3.90. The van der Waals surface area contributed by atoms with Gasteiger partial charge in [0.2, 0.25) is 0 Å². The number of rotatable bonds is 4. The largest absolute Gasteiger partial charge is 0.352 e. The lowest BCUT2D eigenvalue weighted by Crippen LogP contribution is -2.42. The number of H-pyrrole nitrogens is 1. The van der Waals surface area contributed by atoms with Gasteiger partial charge in [0.05, 0.1) is 6.33 Å². The summed E-state index contributed by atoms with van der Waals surface area (Å²) in [4.78, 5) is 20.3. The van der Waals surface area contributed by atoms with Gasteiger partial charge in [-0.15, -0.1) is 0 Å². The molecule has 0 bridgehead atoms. The van der Waals surface area contributed by atoms with Gasteiger partial charge in [-0.25, -0.2) is 4.98 Å². The molecule has 0 aliphatic carbocycles. The van der Waals surface area contributed by atoms with Crippen LogP contribution in [0.2, 0.25) is 0 Å². The number of aromatic amines is 1. The van der Waals surface area contributed by atoms with E-state index in [1.54, 1.807) is 6.07 Å². The second-order valence-electron chi connectivity index (χ2n) is 4.81. The highest BCUT2D eigenvalue weighted by molar-refractivity contribution is 5.37. The molecular weight excluding hydrogens is 216 g/mol. The lowest BCUT2D eigenvalue weighted by molar-refractivity contribution is 0.548. The molecule has 2 heterocycles. The standard InChI is InChI=1S/C12H20N4O/c1-9(2)16(7-10-4-3-5-13-10)11-6-12(17)15-8-14-11/h6,8-10,13H,3-5,7H2,1-2H3,(H,14,15,17). The Bertz CT molecular complexity index is 409. The number of nitrogens with one attached hydrogen (secondary N) is 2. The number of aromatic nitrogens is 2. The van der Waals surface area contributed by atoms with Crippen molar-refractivity contribution in [2.45, 2.75) is 38.8 Å². The molecule has 1 aromatic heterocycles. The Morgan fingerprint density at radius 2 is 2.41 bits per heavy atom. The van der Waals surface area contributed by atoms with Crippen LogP contribution < -0.4 is 15.8 Å². The Balaban J connectivity index is 2.13. The molecule has 94 valence electrons. The second-order valence-corrected chi connectivity index (χ2v) is 4.81. The quantitative estimate of drug-likeness (QED) is 0.809. The van der Waals surface area contributed by atoms with Gasteiger partial charge >= 0.3 is 0 Å². The van der Waals surface area contributed by atoms with Crippen molar-refractivity contribution >= 4 is 5.82 Å². The molecule has 2 rings (SSSR count). The van der Waals surface area contributed by atoms with E-state index in [4.69, 9.17) is 0 Å². The molecule has 1 atom stereocenters. The molecule has 1 fully saturated rings. The van der Waals surface area contributed by atoms with Crippen molar-refractivity contribution in [3.63, 3.8) is 0 Å². The summed E-state index contributed by atoms with van der Waals surface area (Å²) in [6.45, 7) is 6.25. The molecule has 0 aromatic carbocycles. The molecule has 1 saturated heterocycles. The molecule has 17 heavy (non-hydrogen) atoms. The first-order chi connectivity index (χ1) is 8.16. The lowest BCUT2D eigenvalue weighted by Gasteiger charge is -2.30. The fourth-order valence-corrected chi connectivity index (χ4v) is 2.23. The van der Waals surface area contributed by atoms with E-state index >= 15 is 0 Å². The summed E-state index contributed by atoms with van der Waals surface area (Å²) >= 11 is 0. The summed E-state index contributed by atoms with van der Waals surface area (Å²) in [6, 6.07) is 2.42. The summed E-state index contributed by atoms with van der Waals surface area (Å²) in [5.41, 5.74) is -0.0972. The monoisotopic (exact) mass is 236 g/mol. The second kappa shape index (κ2) is 5.31. The zero-order valence-corrected chi connectivity index (χ0v) is 10.4. The minimum atomic E-state index is -0.0972. The van der Waals surface area contributed by atoms with Crippen LogP contribution in [0.3, 0.4) is 0 Å². The van der Waals surface area contributed by atoms with Crippen LogP contribution in [0.15, 0.2) is 17.2 Å². The van der Waals surface area contributed by atoms with Crippen molar-refractivity contribution in [3.05, 3.63) is 22.7 Å². The van der Waals surface area contributed by atoms with Gasteiger partial charge in [0.15, 0.2) is 0 Å². The maximum absolute atomic E-state index is 11.3. The van der Waals surface area contributed by atoms with Crippen LogP contribution in [0.25, 0.3) is 0 Å². The van der Waals surface area contributed by atoms with Crippen molar-refractivity contribution in [2.24, 2.45) is 0 Å². The number of nitrogens with zero attached hydrogens (tertiary/aromatic N) is 2. The minimum absolute atomic E-state index is 0.0972. The topological polar surface area (TPSA) is 61.0 Å². The van der Waals surface area contributed by atoms with E-state index in [9.17, 15) is 4.79 Å². The highest BCUT2D eigenvalue weighted by Crippen LogP contribution is 2.15. The van der Waals surface area contributed by atoms with Crippen molar-refractivity contribution < 1.29 is 0 Å². The van der Waals surface area contributed by atoms with Crippen LogP contribution in [-0.2, 0) is 0 Å². The molecule has 0 spiro atoms. The first kappa shape index (κ1) is 12.1. The predicted molar refractivity (Wildman–Crippen MR) is 68.4 cm³/mol. The van der Waals surface area contributed by atoms with Crippen molar-refractivity contribution in [3.8, 4) is 0 Å². The molecule has 0 radical (unpaired) electrons. The van der Waals surface area contributed by atoms with Gasteiger partial charge in [-0.05, 0) is 33.2 Å². The third kappa shape index (κ3) is 3.06. The van der Waals surface area contributed by atoms with E-state index in [0.717, 1.165) is 18.9 Å². The fourth-order valence-electron chi connectivity index (χ4n) is 2.23. The van der Waals surface area contributed by atoms with Crippen molar-refractivity contribution in [1.29, 1.82) is 0 Å². The van der Waals surface area contributed by atoms with E-state index < -0.39 is 0 Å². The number of hydrogen-bond donors (Lipinski definition) is 2. The van der Waals surface area contributed by atoms with E-state index in [2.05, 4.69) is 34.0 Å². The SMILES string of the molecule is CC(C)N(CC1CCCN1)c1cc(=O)[nH]cn1. The first-order valence-corrected chi connectivity index (χ1v) is 6.21. The smallest absolute Gasteiger partial charge is 0.252 e. The highest BCUT2D eigenvalue weighted by atomic mass is 16.1. The van der Waals surface area contributed by atoms with Gasteiger partial charge in [-0.1, -0.05) is 0 Å². The number of anilines is 1. The predicted octanol–water partition coefficient (Wildman–Crippen LogP) is 0.737. The zero-order valence-electron chi connectivity index (χ0n) is 10.4. The summed E-state index contributed by atoms with van der Waals surface area (Å²) in [5, 5.41) is 3.47. The molecule has 1 aliphatic rings. The molecule has 0 amide bonds. The Kier molecular flexibility index (Phi) is 3.78. The summed E-state index contributed by atoms with van der Waals surface area (Å²) < 4.78 is 0. The fraction of sp³-hybridized carbons (Fsp3) is 0.667. The molecule has 1 aromatic rings. The minimum Gasteiger partial charge on any atom is -0.352 e. The van der Waals surface area contributed by atoms with Gasteiger partial charge in [0.1, 0.15) is 5.82 Å². The molecule has 5 nitrogen and oxygen atoms in total. The maximum atomic E-state index is 11.3. The Morgan fingerprint density at radius 3 is 3.00 bits per heavy atom. The van der Waals surface area contributed by atoms with Crippen LogP contribution in [0.1, 0.15) is 26.7 Å². The van der Waals surface area contributed by atoms with E-state index in [0.29, 0.717) is 12.1 Å². The third-order valence-electron chi connectivity index (χ3n) is 3.16. The number of hydrogen-bond acceptors (Lipinski definition) is 4. The van der Waals surface area contributed by atoms with E-state index in [1.807, 2.05) is 0 Å². The normalized spacial score (nSPS) is 19.8. The Hall–Kier alpha value is -1.36. The molecule has 1 unspecified atom stereocenters. The zero-order chi connectivity index (χ0) is 12.3. The van der Waals surface area contributed by atoms with Gasteiger partial charge in [-0.3, -0.25) is 4.79 Å². The van der Waals surface area contributed by atoms with E-state index in [1.165, 1.54) is 19.2 Å². The molecule has 1 aliphatic heterocycles. The van der Waals surface area contributed by atoms with Crippen LogP contribution in [0.5, 0.6) is 0 Å². The van der Waals surface area contributed by atoms with Gasteiger partial charge in [0, 0.05) is 24.7 Å².